The van der Waals surface area contributed by atoms with Gasteiger partial charge in [-0.3, -0.25) is 14.7 Å². The van der Waals surface area contributed by atoms with Gasteiger partial charge >= 0.3 is 6.03 Å². The second-order valence-corrected chi connectivity index (χ2v) is 7.25. The highest BCUT2D eigenvalue weighted by atomic mass is 32.2. The molecule has 9 heteroatoms. The summed E-state index contributed by atoms with van der Waals surface area (Å²) in [7, 11) is 0. The van der Waals surface area contributed by atoms with Crippen molar-refractivity contribution in [2.75, 3.05) is 0 Å². The molecule has 1 saturated carbocycles. The minimum atomic E-state index is -0.847. The van der Waals surface area contributed by atoms with Gasteiger partial charge in [0.2, 0.25) is 5.91 Å². The molecule has 2 aromatic heterocycles. The molecule has 3 N–H and O–H groups in total. The van der Waals surface area contributed by atoms with E-state index in [1.54, 1.807) is 18.3 Å². The first-order chi connectivity index (χ1) is 10.6. The standard InChI is InChI=1S/C13H15N5O2S2/c1-7(11(19)15-12(14)20)22-13-17-16-10(9-3-2-6-21-9)18(13)8-4-5-8/h2-3,6-8H,4-5H2,1H3,(H3,14,15,19,20)/t7-/m0/s1. The molecule has 2 aromatic rings. The number of urea groups is 1. The van der Waals surface area contributed by atoms with Crippen molar-refractivity contribution in [3.8, 4) is 10.7 Å². The highest BCUT2D eigenvalue weighted by Crippen LogP contribution is 2.42. The highest BCUT2D eigenvalue weighted by molar-refractivity contribution is 8.00. The van der Waals surface area contributed by atoms with E-state index in [4.69, 9.17) is 5.73 Å². The van der Waals surface area contributed by atoms with Crippen LogP contribution in [-0.2, 0) is 4.79 Å². The summed E-state index contributed by atoms with van der Waals surface area (Å²) in [4.78, 5) is 23.6. The maximum atomic E-state index is 11.8. The summed E-state index contributed by atoms with van der Waals surface area (Å²) in [5.74, 6) is 0.406. The van der Waals surface area contributed by atoms with Crippen LogP contribution >= 0.6 is 23.1 Å². The van der Waals surface area contributed by atoms with E-state index in [0.29, 0.717) is 11.2 Å². The van der Waals surface area contributed by atoms with Crippen molar-refractivity contribution in [3.05, 3.63) is 17.5 Å². The Morgan fingerprint density at radius 1 is 1.50 bits per heavy atom. The molecule has 0 aliphatic heterocycles. The van der Waals surface area contributed by atoms with Gasteiger partial charge in [-0.25, -0.2) is 4.79 Å². The zero-order valence-corrected chi connectivity index (χ0v) is 13.5. The van der Waals surface area contributed by atoms with E-state index in [1.807, 2.05) is 17.5 Å². The largest absolute Gasteiger partial charge is 0.351 e. The normalized spacial score (nSPS) is 15.5. The van der Waals surface area contributed by atoms with Gasteiger partial charge in [-0.2, -0.15) is 0 Å². The third-order valence-corrected chi connectivity index (χ3v) is 5.14. The molecule has 3 amide bonds. The minimum Gasteiger partial charge on any atom is -0.351 e. The Morgan fingerprint density at radius 2 is 2.27 bits per heavy atom. The second kappa shape index (κ2) is 6.09. The molecule has 1 fully saturated rings. The van der Waals surface area contributed by atoms with Crippen molar-refractivity contribution in [1.82, 2.24) is 20.1 Å². The van der Waals surface area contributed by atoms with E-state index >= 15 is 0 Å². The molecule has 7 nitrogen and oxygen atoms in total. The van der Waals surface area contributed by atoms with Crippen LogP contribution in [0.15, 0.2) is 22.7 Å². The minimum absolute atomic E-state index is 0.390. The third kappa shape index (κ3) is 3.14. The Hall–Kier alpha value is -1.87. The van der Waals surface area contributed by atoms with E-state index in [0.717, 1.165) is 23.5 Å². The summed E-state index contributed by atoms with van der Waals surface area (Å²) in [6.45, 7) is 1.71. The van der Waals surface area contributed by atoms with Crippen molar-refractivity contribution in [2.24, 2.45) is 5.73 Å². The van der Waals surface area contributed by atoms with Gasteiger partial charge in [-0.05, 0) is 31.2 Å². The summed E-state index contributed by atoms with van der Waals surface area (Å²) >= 11 is 2.89. The van der Waals surface area contributed by atoms with E-state index in [-0.39, 0.29) is 0 Å². The predicted molar refractivity (Wildman–Crippen MR) is 84.7 cm³/mol. The lowest BCUT2D eigenvalue weighted by Gasteiger charge is -2.11. The fourth-order valence-corrected chi connectivity index (χ4v) is 3.65. The molecule has 1 aliphatic carbocycles. The van der Waals surface area contributed by atoms with Crippen LogP contribution in [0.2, 0.25) is 0 Å². The lowest BCUT2D eigenvalue weighted by molar-refractivity contribution is -0.119. The lowest BCUT2D eigenvalue weighted by atomic mass is 10.4. The second-order valence-electron chi connectivity index (χ2n) is 5.00. The van der Waals surface area contributed by atoms with Crippen LogP contribution in [0.25, 0.3) is 10.7 Å². The average molecular weight is 337 g/mol. The number of hydrogen-bond acceptors (Lipinski definition) is 6. The van der Waals surface area contributed by atoms with E-state index in [9.17, 15) is 9.59 Å². The number of imide groups is 1. The van der Waals surface area contributed by atoms with Crippen LogP contribution in [0.4, 0.5) is 4.79 Å². The number of hydrogen-bond donors (Lipinski definition) is 2. The number of amides is 3. The Morgan fingerprint density at radius 3 is 2.86 bits per heavy atom. The number of carbonyl (C=O) groups excluding carboxylic acids is 2. The van der Waals surface area contributed by atoms with Crippen LogP contribution in [0.1, 0.15) is 25.8 Å². The zero-order valence-electron chi connectivity index (χ0n) is 11.9. The first kappa shape index (κ1) is 15.0. The van der Waals surface area contributed by atoms with Gasteiger partial charge in [-0.1, -0.05) is 17.8 Å². The molecule has 2 heterocycles. The molecule has 0 bridgehead atoms. The Kier molecular flexibility index (Phi) is 4.16. The zero-order chi connectivity index (χ0) is 15.7. The van der Waals surface area contributed by atoms with Crippen LogP contribution in [-0.4, -0.2) is 32.0 Å². The summed E-state index contributed by atoms with van der Waals surface area (Å²) in [6.07, 6.45) is 2.18. The first-order valence-corrected chi connectivity index (χ1v) is 8.58. The monoisotopic (exact) mass is 337 g/mol. The number of nitrogens with one attached hydrogen (secondary N) is 1. The molecular formula is C13H15N5O2S2. The molecule has 0 radical (unpaired) electrons. The van der Waals surface area contributed by atoms with Gasteiger partial charge in [0, 0.05) is 6.04 Å². The predicted octanol–water partition coefficient (Wildman–Crippen LogP) is 2.02. The molecule has 22 heavy (non-hydrogen) atoms. The molecule has 0 aromatic carbocycles. The van der Waals surface area contributed by atoms with Gasteiger partial charge in [0.25, 0.3) is 0 Å². The first-order valence-electron chi connectivity index (χ1n) is 6.82. The maximum absolute atomic E-state index is 11.8. The van der Waals surface area contributed by atoms with E-state index in [2.05, 4.69) is 20.1 Å². The highest BCUT2D eigenvalue weighted by Gasteiger charge is 2.31. The lowest BCUT2D eigenvalue weighted by Crippen LogP contribution is -2.39. The molecule has 3 rings (SSSR count). The fraction of sp³-hybridized carbons (Fsp3) is 0.385. The number of thioether (sulfide) groups is 1. The number of nitrogens with two attached hydrogens (primary N) is 1. The average Bonchev–Trinajstić information content (AvgIpc) is 3.00. The molecule has 0 saturated heterocycles. The number of nitrogens with zero attached hydrogens (tertiary/aromatic N) is 3. The number of primary amides is 1. The van der Waals surface area contributed by atoms with E-state index < -0.39 is 17.2 Å². The molecular weight excluding hydrogens is 322 g/mol. The van der Waals surface area contributed by atoms with Crippen molar-refractivity contribution < 1.29 is 9.59 Å². The summed E-state index contributed by atoms with van der Waals surface area (Å²) in [6, 6.07) is 3.52. The number of aromatic nitrogens is 3. The summed E-state index contributed by atoms with van der Waals surface area (Å²) in [5, 5.41) is 12.8. The van der Waals surface area contributed by atoms with Gasteiger partial charge < -0.3 is 5.73 Å². The molecule has 116 valence electrons. The van der Waals surface area contributed by atoms with Crippen LogP contribution in [0.3, 0.4) is 0 Å². The number of carbonyl (C=O) groups is 2. The third-order valence-electron chi connectivity index (χ3n) is 3.22. The summed E-state index contributed by atoms with van der Waals surface area (Å²) in [5.41, 5.74) is 4.97. The van der Waals surface area contributed by atoms with Crippen LogP contribution in [0.5, 0.6) is 0 Å². The summed E-state index contributed by atoms with van der Waals surface area (Å²) < 4.78 is 2.09. The smallest absolute Gasteiger partial charge is 0.318 e. The van der Waals surface area contributed by atoms with E-state index in [1.165, 1.54) is 11.8 Å². The van der Waals surface area contributed by atoms with Gasteiger partial charge in [0.15, 0.2) is 11.0 Å². The Balaban J connectivity index is 1.82. The van der Waals surface area contributed by atoms with Crippen LogP contribution in [0, 0.1) is 0 Å². The molecule has 1 atom stereocenters. The number of thiophene rings is 1. The molecule has 1 aliphatic rings. The van der Waals surface area contributed by atoms with Crippen molar-refractivity contribution in [2.45, 2.75) is 36.2 Å². The number of rotatable bonds is 5. The molecule has 0 unspecified atom stereocenters. The van der Waals surface area contributed by atoms with Crippen LogP contribution < -0.4 is 11.1 Å². The molecule has 0 spiro atoms. The Bertz CT molecular complexity index is 693. The van der Waals surface area contributed by atoms with Crippen molar-refractivity contribution in [3.63, 3.8) is 0 Å². The topological polar surface area (TPSA) is 103 Å². The Labute approximate surface area is 135 Å². The quantitative estimate of drug-likeness (QED) is 0.813. The van der Waals surface area contributed by atoms with Gasteiger partial charge in [0.05, 0.1) is 10.1 Å². The van der Waals surface area contributed by atoms with Gasteiger partial charge in [-0.15, -0.1) is 21.5 Å². The van der Waals surface area contributed by atoms with Gasteiger partial charge in [0.1, 0.15) is 0 Å². The maximum Gasteiger partial charge on any atom is 0.318 e. The van der Waals surface area contributed by atoms with Crippen molar-refractivity contribution >= 4 is 35.0 Å². The fourth-order valence-electron chi connectivity index (χ4n) is 2.03. The SMILES string of the molecule is C[C@H](Sc1nnc(-c2cccs2)n1C1CC1)C(=O)NC(N)=O. The van der Waals surface area contributed by atoms with Crippen molar-refractivity contribution in [1.29, 1.82) is 0 Å².